The number of hydrazone groups is 1. The van der Waals surface area contributed by atoms with Crippen molar-refractivity contribution in [3.63, 3.8) is 0 Å². The Kier molecular flexibility index (Phi) is 4.24. The Hall–Kier alpha value is -1.92. The van der Waals surface area contributed by atoms with Gasteiger partial charge < -0.3 is 4.57 Å². The van der Waals surface area contributed by atoms with Crippen LogP contribution in [0.4, 0.5) is 0 Å². The molecule has 6 heteroatoms. The van der Waals surface area contributed by atoms with Gasteiger partial charge in [-0.3, -0.25) is 5.43 Å². The van der Waals surface area contributed by atoms with Crippen LogP contribution in [-0.4, -0.2) is 15.3 Å². The van der Waals surface area contributed by atoms with Crippen molar-refractivity contribution in [3.8, 4) is 0 Å². The van der Waals surface area contributed by atoms with Crippen molar-refractivity contribution >= 4 is 37.6 Å². The number of aromatic nitrogens is 2. The lowest BCUT2D eigenvalue weighted by atomic mass is 9.93. The van der Waals surface area contributed by atoms with Crippen LogP contribution in [-0.2, 0) is 0 Å². The number of benzene rings is 2. The average Bonchev–Trinajstić information content (AvgIpc) is 3.25. The van der Waals surface area contributed by atoms with Gasteiger partial charge in [-0.15, -0.1) is 0 Å². The average molecular weight is 446 g/mol. The van der Waals surface area contributed by atoms with E-state index in [1.807, 2.05) is 24.7 Å². The van der Waals surface area contributed by atoms with E-state index >= 15 is 0 Å². The lowest BCUT2D eigenvalue weighted by molar-refractivity contribution is 0.481. The molecule has 2 heterocycles. The zero-order chi connectivity index (χ0) is 16.5. The number of hydrogen-bond donors (Lipinski definition) is 1. The van der Waals surface area contributed by atoms with Crippen molar-refractivity contribution in [2.75, 3.05) is 0 Å². The molecule has 0 unspecified atom stereocenters. The lowest BCUT2D eigenvalue weighted by Gasteiger charge is -2.22. The maximum Gasteiger partial charge on any atom is 0.105 e. The molecule has 4 rings (SSSR count). The van der Waals surface area contributed by atoms with Crippen LogP contribution >= 0.6 is 31.9 Å². The molecule has 0 fully saturated rings. The van der Waals surface area contributed by atoms with Gasteiger partial charge in [-0.2, -0.15) is 5.10 Å². The fourth-order valence-electron chi connectivity index (χ4n) is 2.96. The summed E-state index contributed by atoms with van der Waals surface area (Å²) in [6.07, 6.45) is 5.63. The smallest absolute Gasteiger partial charge is 0.105 e. The molecule has 3 aromatic rings. The van der Waals surface area contributed by atoms with Crippen LogP contribution in [0.15, 0.2) is 81.3 Å². The largest absolute Gasteiger partial charge is 0.326 e. The number of rotatable bonds is 3. The number of nitrogens with zero attached hydrogens (tertiary/aromatic N) is 3. The van der Waals surface area contributed by atoms with E-state index in [0.717, 1.165) is 20.2 Å². The second-order valence-electron chi connectivity index (χ2n) is 5.62. The Morgan fingerprint density at radius 2 is 1.58 bits per heavy atom. The monoisotopic (exact) mass is 444 g/mol. The Bertz CT molecular complexity index is 855. The quantitative estimate of drug-likeness (QED) is 0.634. The molecule has 2 aromatic carbocycles. The molecule has 2 atom stereocenters. The summed E-state index contributed by atoms with van der Waals surface area (Å²) in [6.45, 7) is 0. The Labute approximate surface area is 156 Å². The highest BCUT2D eigenvalue weighted by molar-refractivity contribution is 9.10. The zero-order valence-corrected chi connectivity index (χ0v) is 15.8. The summed E-state index contributed by atoms with van der Waals surface area (Å²) >= 11 is 6.98. The van der Waals surface area contributed by atoms with Crippen molar-refractivity contribution in [1.82, 2.24) is 15.0 Å². The summed E-state index contributed by atoms with van der Waals surface area (Å²) in [7, 11) is 0. The van der Waals surface area contributed by atoms with E-state index < -0.39 is 0 Å². The molecule has 1 aromatic heterocycles. The number of halogens is 2. The van der Waals surface area contributed by atoms with E-state index in [2.05, 4.69) is 88.3 Å². The highest BCUT2D eigenvalue weighted by Gasteiger charge is 2.34. The molecule has 1 aliphatic rings. The maximum atomic E-state index is 4.64. The fraction of sp³-hybridized carbons (Fsp3) is 0.111. The Morgan fingerprint density at radius 3 is 2.21 bits per heavy atom. The van der Waals surface area contributed by atoms with Crippen molar-refractivity contribution in [1.29, 1.82) is 0 Å². The van der Waals surface area contributed by atoms with E-state index in [4.69, 9.17) is 0 Å². The van der Waals surface area contributed by atoms with Gasteiger partial charge in [-0.05, 0) is 29.8 Å². The molecule has 0 amide bonds. The summed E-state index contributed by atoms with van der Waals surface area (Å²) in [5.41, 5.74) is 6.60. The predicted molar refractivity (Wildman–Crippen MR) is 102 cm³/mol. The van der Waals surface area contributed by atoms with E-state index in [1.54, 1.807) is 6.20 Å². The number of imidazole rings is 1. The Morgan fingerprint density at radius 1 is 0.917 bits per heavy atom. The van der Waals surface area contributed by atoms with Crippen LogP contribution in [0, 0.1) is 0 Å². The van der Waals surface area contributed by atoms with Gasteiger partial charge in [-0.25, -0.2) is 4.98 Å². The van der Waals surface area contributed by atoms with E-state index in [9.17, 15) is 0 Å². The lowest BCUT2D eigenvalue weighted by Crippen LogP contribution is -2.25. The minimum atomic E-state index is 0.0508. The predicted octanol–water partition coefficient (Wildman–Crippen LogP) is 4.70. The molecule has 0 saturated heterocycles. The highest BCUT2D eigenvalue weighted by Crippen LogP contribution is 2.35. The molecule has 1 N–H and O–H groups in total. The van der Waals surface area contributed by atoms with Crippen LogP contribution in [0.3, 0.4) is 0 Å². The first kappa shape index (κ1) is 15.6. The van der Waals surface area contributed by atoms with Crippen molar-refractivity contribution < 1.29 is 0 Å². The molecular weight excluding hydrogens is 432 g/mol. The van der Waals surface area contributed by atoms with Gasteiger partial charge in [0.1, 0.15) is 6.04 Å². The van der Waals surface area contributed by atoms with Gasteiger partial charge in [0.05, 0.1) is 18.1 Å². The highest BCUT2D eigenvalue weighted by atomic mass is 79.9. The third kappa shape index (κ3) is 2.91. The summed E-state index contributed by atoms with van der Waals surface area (Å²) < 4.78 is 4.23. The van der Waals surface area contributed by atoms with Crippen molar-refractivity contribution in [3.05, 3.63) is 87.3 Å². The molecule has 1 aliphatic heterocycles. The molecule has 120 valence electrons. The van der Waals surface area contributed by atoms with E-state index in [0.29, 0.717) is 0 Å². The zero-order valence-electron chi connectivity index (χ0n) is 12.6. The number of hydrogen-bond acceptors (Lipinski definition) is 3. The third-order valence-electron chi connectivity index (χ3n) is 4.14. The maximum absolute atomic E-state index is 4.64. The van der Waals surface area contributed by atoms with Gasteiger partial charge in [0.15, 0.2) is 0 Å². The summed E-state index contributed by atoms with van der Waals surface area (Å²) in [5, 5.41) is 4.64. The first-order valence-corrected chi connectivity index (χ1v) is 9.13. The molecule has 0 bridgehead atoms. The molecule has 0 radical (unpaired) electrons. The van der Waals surface area contributed by atoms with Crippen molar-refractivity contribution in [2.24, 2.45) is 5.10 Å². The van der Waals surface area contributed by atoms with Gasteiger partial charge in [0.2, 0.25) is 0 Å². The topological polar surface area (TPSA) is 42.2 Å². The van der Waals surface area contributed by atoms with Crippen LogP contribution in [0.25, 0.3) is 0 Å². The van der Waals surface area contributed by atoms with Gasteiger partial charge in [0, 0.05) is 26.9 Å². The molecule has 0 aliphatic carbocycles. The number of nitrogens with one attached hydrogen (secondary N) is 1. The van der Waals surface area contributed by atoms with Crippen LogP contribution in [0.2, 0.25) is 0 Å². The van der Waals surface area contributed by atoms with Crippen molar-refractivity contribution in [2.45, 2.75) is 12.1 Å². The van der Waals surface area contributed by atoms with Crippen LogP contribution in [0.5, 0.6) is 0 Å². The fourth-order valence-corrected chi connectivity index (χ4v) is 3.49. The molecular formula is C18H14Br2N4. The first-order chi connectivity index (χ1) is 11.7. The normalized spacial score (nSPS) is 19.8. The van der Waals surface area contributed by atoms with Gasteiger partial charge in [-0.1, -0.05) is 56.1 Å². The summed E-state index contributed by atoms with van der Waals surface area (Å²) in [5.74, 6) is 0. The third-order valence-corrected chi connectivity index (χ3v) is 5.19. The molecule has 24 heavy (non-hydrogen) atoms. The molecule has 0 spiro atoms. The summed E-state index contributed by atoms with van der Waals surface area (Å²) in [6, 6.07) is 16.7. The Balaban J connectivity index is 1.75. The summed E-state index contributed by atoms with van der Waals surface area (Å²) in [4.78, 5) is 4.22. The minimum absolute atomic E-state index is 0.0508. The van der Waals surface area contributed by atoms with E-state index in [-0.39, 0.29) is 12.1 Å². The molecule has 0 saturated carbocycles. The van der Waals surface area contributed by atoms with E-state index in [1.165, 1.54) is 5.56 Å². The van der Waals surface area contributed by atoms with Gasteiger partial charge >= 0.3 is 0 Å². The SMILES string of the molecule is Brc1ccc(C2=NN[C@H](c3ccc(Br)cc3)[C@H]2n2ccnc2)cc1. The van der Waals surface area contributed by atoms with Crippen LogP contribution < -0.4 is 5.43 Å². The second kappa shape index (κ2) is 6.53. The molecule has 4 nitrogen and oxygen atoms in total. The van der Waals surface area contributed by atoms with Crippen LogP contribution in [0.1, 0.15) is 23.2 Å². The second-order valence-corrected chi connectivity index (χ2v) is 7.45. The van der Waals surface area contributed by atoms with Gasteiger partial charge in [0.25, 0.3) is 0 Å². The standard InChI is InChI=1S/C18H14Br2N4/c19-14-5-1-12(2-6-14)16-18(24-10-9-21-11-24)17(23-22-16)13-3-7-15(20)8-4-13/h1-11,16,18,22H/t16-,18-/m1/s1. The minimum Gasteiger partial charge on any atom is -0.326 e. The first-order valence-electron chi connectivity index (χ1n) is 7.54.